The maximum atomic E-state index is 4.61. The van der Waals surface area contributed by atoms with Crippen LogP contribution in [0.1, 0.15) is 19.5 Å². The summed E-state index contributed by atoms with van der Waals surface area (Å²) in [5.41, 5.74) is 2.10. The summed E-state index contributed by atoms with van der Waals surface area (Å²) in [6.07, 6.45) is 3.91. The van der Waals surface area contributed by atoms with Gasteiger partial charge < -0.3 is 5.32 Å². The Labute approximate surface area is 125 Å². The van der Waals surface area contributed by atoms with Crippen LogP contribution in [-0.4, -0.2) is 22.8 Å². The first kappa shape index (κ1) is 15.0. The van der Waals surface area contributed by atoms with E-state index < -0.39 is 0 Å². The van der Waals surface area contributed by atoms with Crippen LogP contribution >= 0.6 is 11.8 Å². The van der Waals surface area contributed by atoms with Gasteiger partial charge in [0.25, 0.3) is 0 Å². The number of hydrogen-bond acceptors (Lipinski definition) is 4. The van der Waals surface area contributed by atoms with Gasteiger partial charge in [-0.05, 0) is 36.9 Å². The zero-order chi connectivity index (χ0) is 14.4. The zero-order valence-electron chi connectivity index (χ0n) is 12.3. The molecule has 0 aliphatic heterocycles. The van der Waals surface area contributed by atoms with E-state index in [1.807, 2.05) is 12.3 Å². The fraction of sp³-hybridized carbons (Fsp3) is 0.375. The van der Waals surface area contributed by atoms with Crippen LogP contribution in [0.3, 0.4) is 0 Å². The number of thioether (sulfide) groups is 1. The monoisotopic (exact) mass is 287 g/mol. The molecule has 1 heterocycles. The molecule has 0 fully saturated rings. The first-order valence-corrected chi connectivity index (χ1v) is 8.08. The third kappa shape index (κ3) is 4.32. The van der Waals surface area contributed by atoms with Gasteiger partial charge in [0.1, 0.15) is 0 Å². The number of rotatable bonds is 6. The first-order chi connectivity index (χ1) is 9.69. The van der Waals surface area contributed by atoms with Crippen molar-refractivity contribution in [3.63, 3.8) is 0 Å². The maximum Gasteiger partial charge on any atom is 0.159 e. The van der Waals surface area contributed by atoms with Gasteiger partial charge in [-0.3, -0.25) is 0 Å². The fourth-order valence-electron chi connectivity index (χ4n) is 1.86. The van der Waals surface area contributed by atoms with Crippen molar-refractivity contribution >= 4 is 11.8 Å². The maximum absolute atomic E-state index is 4.61. The summed E-state index contributed by atoms with van der Waals surface area (Å²) in [5.74, 6) is 1.44. The summed E-state index contributed by atoms with van der Waals surface area (Å²) in [6.45, 7) is 6.19. The molecule has 1 N–H and O–H groups in total. The Morgan fingerprint density at radius 2 is 1.90 bits per heavy atom. The van der Waals surface area contributed by atoms with Gasteiger partial charge in [-0.2, -0.15) is 0 Å². The van der Waals surface area contributed by atoms with E-state index in [4.69, 9.17) is 0 Å². The minimum absolute atomic E-state index is 0.649. The van der Waals surface area contributed by atoms with Crippen molar-refractivity contribution in [2.24, 2.45) is 5.92 Å². The highest BCUT2D eigenvalue weighted by Gasteiger charge is 2.03. The summed E-state index contributed by atoms with van der Waals surface area (Å²) in [4.78, 5) is 10.2. The summed E-state index contributed by atoms with van der Waals surface area (Å²) < 4.78 is 0. The van der Waals surface area contributed by atoms with Crippen molar-refractivity contribution in [2.75, 3.05) is 12.8 Å². The summed E-state index contributed by atoms with van der Waals surface area (Å²) in [7, 11) is 0. The van der Waals surface area contributed by atoms with Crippen LogP contribution in [-0.2, 0) is 6.54 Å². The second-order valence-corrected chi connectivity index (χ2v) is 6.00. The number of benzene rings is 1. The lowest BCUT2D eigenvalue weighted by Gasteiger charge is -2.08. The van der Waals surface area contributed by atoms with E-state index in [1.165, 1.54) is 4.90 Å². The highest BCUT2D eigenvalue weighted by molar-refractivity contribution is 7.98. The molecular weight excluding hydrogens is 266 g/mol. The van der Waals surface area contributed by atoms with Crippen LogP contribution in [0.15, 0.2) is 41.4 Å². The third-order valence-electron chi connectivity index (χ3n) is 2.92. The van der Waals surface area contributed by atoms with E-state index in [9.17, 15) is 0 Å². The minimum Gasteiger partial charge on any atom is -0.311 e. The Hall–Kier alpha value is -1.39. The molecule has 2 rings (SSSR count). The largest absolute Gasteiger partial charge is 0.311 e. The molecular formula is C16H21N3S. The van der Waals surface area contributed by atoms with Crippen molar-refractivity contribution in [3.05, 3.63) is 42.2 Å². The predicted octanol–water partition coefficient (Wildman–Crippen LogP) is 3.61. The van der Waals surface area contributed by atoms with Gasteiger partial charge in [-0.25, -0.2) is 9.97 Å². The molecule has 20 heavy (non-hydrogen) atoms. The lowest BCUT2D eigenvalue weighted by atomic mass is 10.2. The molecule has 4 heteroatoms. The number of nitrogens with one attached hydrogen (secondary N) is 1. The van der Waals surface area contributed by atoms with Crippen molar-refractivity contribution in [3.8, 4) is 11.4 Å². The predicted molar refractivity (Wildman–Crippen MR) is 85.8 cm³/mol. The van der Waals surface area contributed by atoms with Gasteiger partial charge in [0, 0.05) is 23.2 Å². The molecule has 0 atom stereocenters. The van der Waals surface area contributed by atoms with Gasteiger partial charge >= 0.3 is 0 Å². The van der Waals surface area contributed by atoms with Gasteiger partial charge in [0.05, 0.1) is 5.69 Å². The molecule has 106 valence electrons. The van der Waals surface area contributed by atoms with E-state index >= 15 is 0 Å². The summed E-state index contributed by atoms with van der Waals surface area (Å²) in [5, 5.41) is 3.40. The Balaban J connectivity index is 2.08. The third-order valence-corrected chi connectivity index (χ3v) is 3.66. The van der Waals surface area contributed by atoms with E-state index in [-0.39, 0.29) is 0 Å². The summed E-state index contributed by atoms with van der Waals surface area (Å²) >= 11 is 1.74. The van der Waals surface area contributed by atoms with E-state index in [0.29, 0.717) is 5.92 Å². The topological polar surface area (TPSA) is 37.8 Å². The Kier molecular flexibility index (Phi) is 5.56. The van der Waals surface area contributed by atoms with Crippen molar-refractivity contribution < 1.29 is 0 Å². The normalized spacial score (nSPS) is 11.0. The van der Waals surface area contributed by atoms with Crippen LogP contribution in [0.5, 0.6) is 0 Å². The standard InChI is InChI=1S/C16H21N3S/c1-12(2)10-17-11-14-8-9-18-16(19-14)13-4-6-15(20-3)7-5-13/h4-9,12,17H,10-11H2,1-3H3. The van der Waals surface area contributed by atoms with Gasteiger partial charge in [0.15, 0.2) is 5.82 Å². The second-order valence-electron chi connectivity index (χ2n) is 5.12. The average molecular weight is 287 g/mol. The van der Waals surface area contributed by atoms with Crippen LogP contribution in [0, 0.1) is 5.92 Å². The van der Waals surface area contributed by atoms with Crippen molar-refractivity contribution in [1.82, 2.24) is 15.3 Å². The fourth-order valence-corrected chi connectivity index (χ4v) is 2.27. The Bertz CT molecular complexity index is 538. The molecule has 2 aromatic rings. The number of aromatic nitrogens is 2. The molecule has 0 unspecified atom stereocenters. The molecule has 0 saturated heterocycles. The van der Waals surface area contributed by atoms with E-state index in [2.05, 4.69) is 59.7 Å². The molecule has 0 aliphatic rings. The van der Waals surface area contributed by atoms with Gasteiger partial charge in [-0.1, -0.05) is 26.0 Å². The quantitative estimate of drug-likeness (QED) is 0.824. The van der Waals surface area contributed by atoms with Crippen LogP contribution in [0.2, 0.25) is 0 Å². The smallest absolute Gasteiger partial charge is 0.159 e. The molecule has 0 bridgehead atoms. The molecule has 3 nitrogen and oxygen atoms in total. The minimum atomic E-state index is 0.649. The number of nitrogens with zero attached hydrogens (tertiary/aromatic N) is 2. The highest BCUT2D eigenvalue weighted by Crippen LogP contribution is 2.20. The van der Waals surface area contributed by atoms with Gasteiger partial charge in [0.2, 0.25) is 0 Å². The molecule has 0 amide bonds. The van der Waals surface area contributed by atoms with Crippen molar-refractivity contribution in [1.29, 1.82) is 0 Å². The number of hydrogen-bond donors (Lipinski definition) is 1. The molecule has 0 saturated carbocycles. The molecule has 1 aromatic carbocycles. The van der Waals surface area contributed by atoms with E-state index in [1.54, 1.807) is 11.8 Å². The zero-order valence-corrected chi connectivity index (χ0v) is 13.1. The highest BCUT2D eigenvalue weighted by atomic mass is 32.2. The van der Waals surface area contributed by atoms with Crippen LogP contribution < -0.4 is 5.32 Å². The van der Waals surface area contributed by atoms with E-state index in [0.717, 1.165) is 30.2 Å². The second kappa shape index (κ2) is 7.41. The average Bonchev–Trinajstić information content (AvgIpc) is 2.47. The van der Waals surface area contributed by atoms with Gasteiger partial charge in [-0.15, -0.1) is 11.8 Å². The van der Waals surface area contributed by atoms with Crippen LogP contribution in [0.4, 0.5) is 0 Å². The first-order valence-electron chi connectivity index (χ1n) is 6.86. The SMILES string of the molecule is CSc1ccc(-c2nccc(CNCC(C)C)n2)cc1. The lowest BCUT2D eigenvalue weighted by Crippen LogP contribution is -2.19. The molecule has 0 aliphatic carbocycles. The molecule has 0 spiro atoms. The Morgan fingerprint density at radius 1 is 1.15 bits per heavy atom. The van der Waals surface area contributed by atoms with Crippen LogP contribution in [0.25, 0.3) is 11.4 Å². The van der Waals surface area contributed by atoms with Crippen molar-refractivity contribution in [2.45, 2.75) is 25.3 Å². The summed E-state index contributed by atoms with van der Waals surface area (Å²) in [6, 6.07) is 10.3. The Morgan fingerprint density at radius 3 is 2.55 bits per heavy atom. The lowest BCUT2D eigenvalue weighted by molar-refractivity contribution is 0.548. The molecule has 0 radical (unpaired) electrons. The molecule has 1 aromatic heterocycles.